The van der Waals surface area contributed by atoms with Crippen LogP contribution in [0.1, 0.15) is 0 Å². The molecule has 0 bridgehead atoms. The van der Waals surface area contributed by atoms with Gasteiger partial charge in [0.1, 0.15) is 5.82 Å². The second-order valence-corrected chi connectivity index (χ2v) is 7.59. The molecule has 130 valence electrons. The molecular weight excluding hydrogens is 351 g/mol. The van der Waals surface area contributed by atoms with Crippen molar-refractivity contribution in [2.45, 2.75) is 4.90 Å². The summed E-state index contributed by atoms with van der Waals surface area (Å²) >= 11 is 0. The van der Waals surface area contributed by atoms with Crippen LogP contribution >= 0.6 is 0 Å². The first-order valence-electron chi connectivity index (χ1n) is 7.98. The largest absolute Gasteiger partial charge is 0.355 e. The third-order valence-corrected chi connectivity index (χ3v) is 5.46. The van der Waals surface area contributed by atoms with E-state index in [1.165, 1.54) is 18.2 Å². The molecule has 0 amide bonds. The van der Waals surface area contributed by atoms with Crippen molar-refractivity contribution >= 4 is 26.6 Å². The number of halogens is 1. The number of aromatic amines is 1. The second-order valence-electron chi connectivity index (χ2n) is 5.91. The molecule has 4 rings (SSSR count). The highest BCUT2D eigenvalue weighted by atomic mass is 32.2. The van der Waals surface area contributed by atoms with Gasteiger partial charge in [0.25, 0.3) is 10.0 Å². The van der Waals surface area contributed by atoms with Crippen LogP contribution in [0.4, 0.5) is 10.1 Å². The highest BCUT2D eigenvalue weighted by molar-refractivity contribution is 7.92. The van der Waals surface area contributed by atoms with Gasteiger partial charge in [-0.1, -0.05) is 36.4 Å². The number of aromatic nitrogens is 1. The van der Waals surface area contributed by atoms with Crippen LogP contribution in [0.25, 0.3) is 22.2 Å². The predicted molar refractivity (Wildman–Crippen MR) is 101 cm³/mol. The molecule has 0 unspecified atom stereocenters. The summed E-state index contributed by atoms with van der Waals surface area (Å²) in [5.41, 5.74) is 3.34. The maximum atomic E-state index is 13.3. The molecule has 6 heteroatoms. The zero-order chi connectivity index (χ0) is 18.1. The van der Waals surface area contributed by atoms with E-state index >= 15 is 0 Å². The lowest BCUT2D eigenvalue weighted by Crippen LogP contribution is -2.13. The fourth-order valence-corrected chi connectivity index (χ4v) is 3.88. The average molecular weight is 366 g/mol. The molecule has 0 spiro atoms. The number of benzene rings is 3. The number of para-hydroxylation sites is 1. The van der Waals surface area contributed by atoms with Gasteiger partial charge >= 0.3 is 0 Å². The monoisotopic (exact) mass is 366 g/mol. The highest BCUT2D eigenvalue weighted by Crippen LogP contribution is 2.26. The Bertz CT molecular complexity index is 1150. The fraction of sp³-hybridized carbons (Fsp3) is 0. The Morgan fingerprint density at radius 3 is 2.35 bits per heavy atom. The zero-order valence-electron chi connectivity index (χ0n) is 13.6. The van der Waals surface area contributed by atoms with Crippen LogP contribution < -0.4 is 4.72 Å². The van der Waals surface area contributed by atoms with E-state index in [9.17, 15) is 12.8 Å². The van der Waals surface area contributed by atoms with E-state index in [0.717, 1.165) is 28.2 Å². The molecule has 0 aliphatic carbocycles. The van der Waals surface area contributed by atoms with Crippen molar-refractivity contribution in [1.29, 1.82) is 0 Å². The molecular formula is C20H15FN2O2S. The molecule has 2 N–H and O–H groups in total. The molecule has 4 nitrogen and oxygen atoms in total. The standard InChI is InChI=1S/C20H15FN2O2S/c21-16-5-3-6-18(13-16)26(24,25)23-17-10-8-14(9-11-17)20-12-15-4-1-2-7-19(15)22-20/h1-13,22-23H. The molecule has 0 aliphatic rings. The third kappa shape index (κ3) is 3.19. The van der Waals surface area contributed by atoms with Crippen LogP contribution in [0.2, 0.25) is 0 Å². The van der Waals surface area contributed by atoms with Crippen LogP contribution in [-0.2, 0) is 10.0 Å². The maximum Gasteiger partial charge on any atom is 0.261 e. The van der Waals surface area contributed by atoms with Gasteiger partial charge < -0.3 is 4.98 Å². The summed E-state index contributed by atoms with van der Waals surface area (Å²) < 4.78 is 40.4. The topological polar surface area (TPSA) is 62.0 Å². The molecule has 0 aliphatic heterocycles. The summed E-state index contributed by atoms with van der Waals surface area (Å²) in [7, 11) is -3.83. The molecule has 0 saturated carbocycles. The Morgan fingerprint density at radius 1 is 0.846 bits per heavy atom. The minimum absolute atomic E-state index is 0.114. The van der Waals surface area contributed by atoms with Crippen LogP contribution in [0.15, 0.2) is 83.8 Å². The lowest BCUT2D eigenvalue weighted by atomic mass is 10.1. The number of fused-ring (bicyclic) bond motifs is 1. The Balaban J connectivity index is 1.59. The molecule has 0 fully saturated rings. The fourth-order valence-electron chi connectivity index (χ4n) is 2.79. The molecule has 4 aromatic rings. The molecule has 0 saturated heterocycles. The predicted octanol–water partition coefficient (Wildman–Crippen LogP) is 4.77. The minimum Gasteiger partial charge on any atom is -0.355 e. The molecule has 3 aromatic carbocycles. The van der Waals surface area contributed by atoms with Crippen molar-refractivity contribution in [3.63, 3.8) is 0 Å². The van der Waals surface area contributed by atoms with Crippen LogP contribution in [0, 0.1) is 5.82 Å². The van der Waals surface area contributed by atoms with Gasteiger partial charge in [0.2, 0.25) is 0 Å². The third-order valence-electron chi connectivity index (χ3n) is 4.08. The number of H-pyrrole nitrogens is 1. The maximum absolute atomic E-state index is 13.3. The number of hydrogen-bond donors (Lipinski definition) is 2. The number of sulfonamides is 1. The average Bonchev–Trinajstić information content (AvgIpc) is 3.06. The van der Waals surface area contributed by atoms with Gasteiger partial charge in [0, 0.05) is 22.3 Å². The number of nitrogens with one attached hydrogen (secondary N) is 2. The van der Waals surface area contributed by atoms with E-state index in [0.29, 0.717) is 5.69 Å². The normalized spacial score (nSPS) is 11.6. The molecule has 1 heterocycles. The highest BCUT2D eigenvalue weighted by Gasteiger charge is 2.15. The quantitative estimate of drug-likeness (QED) is 0.546. The smallest absolute Gasteiger partial charge is 0.261 e. The van der Waals surface area contributed by atoms with Gasteiger partial charge in [-0.25, -0.2) is 12.8 Å². The van der Waals surface area contributed by atoms with E-state index in [1.807, 2.05) is 42.5 Å². The van der Waals surface area contributed by atoms with E-state index in [2.05, 4.69) is 9.71 Å². The van der Waals surface area contributed by atoms with Gasteiger partial charge in [-0.15, -0.1) is 0 Å². The van der Waals surface area contributed by atoms with Crippen molar-refractivity contribution in [1.82, 2.24) is 4.98 Å². The number of rotatable bonds is 4. The van der Waals surface area contributed by atoms with E-state index in [4.69, 9.17) is 0 Å². The Morgan fingerprint density at radius 2 is 1.62 bits per heavy atom. The molecule has 26 heavy (non-hydrogen) atoms. The van der Waals surface area contributed by atoms with Gasteiger partial charge in [0.05, 0.1) is 4.90 Å². The van der Waals surface area contributed by atoms with Crippen molar-refractivity contribution in [3.05, 3.63) is 84.7 Å². The Labute approximate surface area is 150 Å². The summed E-state index contributed by atoms with van der Waals surface area (Å²) in [6.07, 6.45) is 0. The Kier molecular flexibility index (Phi) is 3.97. The number of hydrogen-bond acceptors (Lipinski definition) is 2. The second kappa shape index (κ2) is 6.31. The minimum atomic E-state index is -3.83. The first-order chi connectivity index (χ1) is 12.5. The Hall–Kier alpha value is -3.12. The first-order valence-corrected chi connectivity index (χ1v) is 9.46. The van der Waals surface area contributed by atoms with Crippen molar-refractivity contribution in [2.75, 3.05) is 4.72 Å². The van der Waals surface area contributed by atoms with Crippen LogP contribution in [0.3, 0.4) is 0 Å². The summed E-state index contributed by atoms with van der Waals surface area (Å²) in [4.78, 5) is 3.22. The van der Waals surface area contributed by atoms with Crippen LogP contribution in [-0.4, -0.2) is 13.4 Å². The first kappa shape index (κ1) is 16.4. The summed E-state index contributed by atoms with van der Waals surface area (Å²) in [6, 6.07) is 21.9. The lowest BCUT2D eigenvalue weighted by Gasteiger charge is -2.08. The lowest BCUT2D eigenvalue weighted by molar-refractivity contribution is 0.595. The van der Waals surface area contributed by atoms with Crippen LogP contribution in [0.5, 0.6) is 0 Å². The molecule has 0 radical (unpaired) electrons. The molecule has 0 atom stereocenters. The number of anilines is 1. The van der Waals surface area contributed by atoms with Gasteiger partial charge in [-0.2, -0.15) is 0 Å². The van der Waals surface area contributed by atoms with Gasteiger partial charge in [0.15, 0.2) is 0 Å². The molecule has 1 aromatic heterocycles. The van der Waals surface area contributed by atoms with Crippen molar-refractivity contribution < 1.29 is 12.8 Å². The summed E-state index contributed by atoms with van der Waals surface area (Å²) in [5.74, 6) is -0.595. The van der Waals surface area contributed by atoms with E-state index in [1.54, 1.807) is 12.1 Å². The summed E-state index contributed by atoms with van der Waals surface area (Å²) in [6.45, 7) is 0. The van der Waals surface area contributed by atoms with Crippen molar-refractivity contribution in [2.24, 2.45) is 0 Å². The zero-order valence-corrected chi connectivity index (χ0v) is 14.4. The van der Waals surface area contributed by atoms with Gasteiger partial charge in [-0.3, -0.25) is 4.72 Å². The SMILES string of the molecule is O=S(=O)(Nc1ccc(-c2cc3ccccc3[nH]2)cc1)c1cccc(F)c1. The summed E-state index contributed by atoms with van der Waals surface area (Å²) in [5, 5.41) is 1.11. The van der Waals surface area contributed by atoms with E-state index in [-0.39, 0.29) is 4.90 Å². The van der Waals surface area contributed by atoms with E-state index < -0.39 is 15.8 Å². The van der Waals surface area contributed by atoms with Crippen molar-refractivity contribution in [3.8, 4) is 11.3 Å². The van der Waals surface area contributed by atoms with Gasteiger partial charge in [-0.05, 0) is 48.0 Å².